The molecule has 2 heterocycles. The first-order valence-corrected chi connectivity index (χ1v) is 6.20. The molecule has 0 bridgehead atoms. The number of benzene rings is 1. The minimum absolute atomic E-state index is 0.0569. The van der Waals surface area contributed by atoms with Crippen LogP contribution in [0.4, 0.5) is 0 Å². The third kappa shape index (κ3) is 2.00. The number of rotatable bonds is 2. The van der Waals surface area contributed by atoms with Crippen molar-refractivity contribution in [1.82, 2.24) is 14.5 Å². The zero-order valence-electron chi connectivity index (χ0n) is 11.0. The fourth-order valence-electron chi connectivity index (χ4n) is 2.14. The Hall–Kier alpha value is -2.20. The summed E-state index contributed by atoms with van der Waals surface area (Å²) in [6.07, 6.45) is 1.77. The number of aliphatic hydroxyl groups excluding tert-OH is 1. The van der Waals surface area contributed by atoms with Gasteiger partial charge in [-0.3, -0.25) is 4.57 Å². The smallest absolute Gasteiger partial charge is 0.138 e. The largest absolute Gasteiger partial charge is 0.390 e. The molecule has 4 heteroatoms. The molecule has 0 saturated heterocycles. The van der Waals surface area contributed by atoms with E-state index in [-0.39, 0.29) is 6.61 Å². The van der Waals surface area contributed by atoms with E-state index in [1.54, 1.807) is 12.4 Å². The third-order valence-corrected chi connectivity index (χ3v) is 3.36. The highest BCUT2D eigenvalue weighted by molar-refractivity contribution is 5.78. The second-order valence-electron chi connectivity index (χ2n) is 4.68. The molecule has 0 unspecified atom stereocenters. The highest BCUT2D eigenvalue weighted by Crippen LogP contribution is 2.21. The maximum Gasteiger partial charge on any atom is 0.138 e. The number of imidazole rings is 1. The summed E-state index contributed by atoms with van der Waals surface area (Å²) in [7, 11) is 0. The average Bonchev–Trinajstić information content (AvgIpc) is 2.82. The molecule has 0 fully saturated rings. The molecular formula is C15H15N3O. The maximum absolute atomic E-state index is 9.17. The van der Waals surface area contributed by atoms with E-state index in [4.69, 9.17) is 5.11 Å². The molecule has 2 aromatic heterocycles. The van der Waals surface area contributed by atoms with Gasteiger partial charge < -0.3 is 5.11 Å². The Morgan fingerprint density at radius 1 is 1.16 bits per heavy atom. The van der Waals surface area contributed by atoms with Gasteiger partial charge in [0.05, 0.1) is 23.3 Å². The number of hydrogen-bond donors (Lipinski definition) is 1. The van der Waals surface area contributed by atoms with Gasteiger partial charge >= 0.3 is 0 Å². The summed E-state index contributed by atoms with van der Waals surface area (Å²) in [5.74, 6) is 0.775. The Bertz CT molecular complexity index is 746. The van der Waals surface area contributed by atoms with Gasteiger partial charge in [-0.25, -0.2) is 9.97 Å². The van der Waals surface area contributed by atoms with Crippen LogP contribution in [0.25, 0.3) is 16.9 Å². The molecule has 1 N–H and O–H groups in total. The average molecular weight is 253 g/mol. The molecule has 0 spiro atoms. The summed E-state index contributed by atoms with van der Waals surface area (Å²) >= 11 is 0. The van der Waals surface area contributed by atoms with E-state index in [9.17, 15) is 0 Å². The number of aromatic nitrogens is 3. The van der Waals surface area contributed by atoms with Crippen LogP contribution in [-0.4, -0.2) is 19.6 Å². The summed E-state index contributed by atoms with van der Waals surface area (Å²) in [5.41, 5.74) is 5.11. The number of nitrogens with zero attached hydrogens (tertiary/aromatic N) is 3. The first-order chi connectivity index (χ1) is 9.19. The van der Waals surface area contributed by atoms with E-state index in [0.717, 1.165) is 16.9 Å². The quantitative estimate of drug-likeness (QED) is 0.763. The summed E-state index contributed by atoms with van der Waals surface area (Å²) in [6.45, 7) is 4.11. The Balaban J connectivity index is 2.22. The van der Waals surface area contributed by atoms with Crippen molar-refractivity contribution in [2.45, 2.75) is 20.5 Å². The molecule has 0 radical (unpaired) electrons. The van der Waals surface area contributed by atoms with Gasteiger partial charge in [0.15, 0.2) is 0 Å². The molecule has 0 aliphatic rings. The van der Waals surface area contributed by atoms with Crippen molar-refractivity contribution in [3.63, 3.8) is 0 Å². The molecule has 0 amide bonds. The predicted octanol–water partition coefficient (Wildman–Crippen LogP) is 2.53. The maximum atomic E-state index is 9.17. The molecule has 0 atom stereocenters. The Labute approximate surface area is 111 Å². The van der Waals surface area contributed by atoms with Crippen LogP contribution in [0.3, 0.4) is 0 Å². The second kappa shape index (κ2) is 4.48. The summed E-state index contributed by atoms with van der Waals surface area (Å²) < 4.78 is 1.95. The van der Waals surface area contributed by atoms with Gasteiger partial charge in [-0.05, 0) is 49.2 Å². The highest BCUT2D eigenvalue weighted by atomic mass is 16.3. The molecule has 3 aromatic rings. The number of aliphatic hydroxyl groups is 1. The van der Waals surface area contributed by atoms with E-state index in [0.29, 0.717) is 5.69 Å². The van der Waals surface area contributed by atoms with Crippen molar-refractivity contribution < 1.29 is 5.11 Å². The van der Waals surface area contributed by atoms with Crippen molar-refractivity contribution >= 4 is 11.0 Å². The van der Waals surface area contributed by atoms with Crippen molar-refractivity contribution in [3.05, 3.63) is 53.5 Å². The molecule has 3 rings (SSSR count). The van der Waals surface area contributed by atoms with Crippen molar-refractivity contribution in [3.8, 4) is 5.82 Å². The van der Waals surface area contributed by atoms with E-state index in [2.05, 4.69) is 35.9 Å². The predicted molar refractivity (Wildman–Crippen MR) is 74.3 cm³/mol. The minimum Gasteiger partial charge on any atom is -0.390 e. The van der Waals surface area contributed by atoms with Gasteiger partial charge in [0.2, 0.25) is 0 Å². The van der Waals surface area contributed by atoms with Crippen LogP contribution in [0.15, 0.2) is 36.7 Å². The Kier molecular flexibility index (Phi) is 2.80. The van der Waals surface area contributed by atoms with Gasteiger partial charge in [0.1, 0.15) is 12.1 Å². The summed E-state index contributed by atoms with van der Waals surface area (Å²) in [6, 6.07) is 9.80. The zero-order valence-corrected chi connectivity index (χ0v) is 11.0. The van der Waals surface area contributed by atoms with Crippen LogP contribution < -0.4 is 0 Å². The van der Waals surface area contributed by atoms with Gasteiger partial charge in [0.25, 0.3) is 0 Å². The van der Waals surface area contributed by atoms with Crippen LogP contribution in [0, 0.1) is 13.8 Å². The van der Waals surface area contributed by atoms with Crippen LogP contribution in [-0.2, 0) is 6.61 Å². The first-order valence-electron chi connectivity index (χ1n) is 6.20. The summed E-state index contributed by atoms with van der Waals surface area (Å²) in [5, 5.41) is 9.17. The van der Waals surface area contributed by atoms with Crippen LogP contribution in [0.2, 0.25) is 0 Å². The fourth-order valence-corrected chi connectivity index (χ4v) is 2.14. The first kappa shape index (κ1) is 11.9. The topological polar surface area (TPSA) is 50.9 Å². The number of aryl methyl sites for hydroxylation is 2. The molecular weight excluding hydrogens is 238 g/mol. The summed E-state index contributed by atoms with van der Waals surface area (Å²) in [4.78, 5) is 8.82. The lowest BCUT2D eigenvalue weighted by Crippen LogP contribution is -1.99. The Morgan fingerprint density at radius 2 is 1.95 bits per heavy atom. The van der Waals surface area contributed by atoms with Crippen LogP contribution in [0.5, 0.6) is 0 Å². The van der Waals surface area contributed by atoms with Crippen molar-refractivity contribution in [1.29, 1.82) is 0 Å². The molecule has 0 aliphatic carbocycles. The lowest BCUT2D eigenvalue weighted by molar-refractivity contribution is 0.277. The highest BCUT2D eigenvalue weighted by Gasteiger charge is 2.07. The normalized spacial score (nSPS) is 11.1. The minimum atomic E-state index is -0.0569. The van der Waals surface area contributed by atoms with Crippen LogP contribution in [0.1, 0.15) is 16.8 Å². The molecule has 0 saturated carbocycles. The fraction of sp³-hybridized carbons (Fsp3) is 0.200. The Morgan fingerprint density at radius 3 is 2.74 bits per heavy atom. The molecule has 4 nitrogen and oxygen atoms in total. The lowest BCUT2D eigenvalue weighted by atomic mass is 10.1. The monoisotopic (exact) mass is 253 g/mol. The van der Waals surface area contributed by atoms with E-state index in [1.165, 1.54) is 11.1 Å². The number of fused-ring (bicyclic) bond motifs is 1. The van der Waals surface area contributed by atoms with Crippen molar-refractivity contribution in [2.75, 3.05) is 0 Å². The second-order valence-corrected chi connectivity index (χ2v) is 4.68. The molecule has 19 heavy (non-hydrogen) atoms. The SMILES string of the molecule is Cc1cc2ncn(-c3cccc(CO)n3)c2cc1C. The van der Waals surface area contributed by atoms with Crippen LogP contribution >= 0.6 is 0 Å². The molecule has 96 valence electrons. The van der Waals surface area contributed by atoms with Gasteiger partial charge in [-0.15, -0.1) is 0 Å². The van der Waals surface area contributed by atoms with Gasteiger partial charge in [-0.2, -0.15) is 0 Å². The van der Waals surface area contributed by atoms with E-state index in [1.807, 2.05) is 16.7 Å². The number of pyridine rings is 1. The van der Waals surface area contributed by atoms with Crippen molar-refractivity contribution in [2.24, 2.45) is 0 Å². The lowest BCUT2D eigenvalue weighted by Gasteiger charge is -2.06. The third-order valence-electron chi connectivity index (χ3n) is 3.36. The molecule has 0 aliphatic heterocycles. The van der Waals surface area contributed by atoms with E-state index >= 15 is 0 Å². The molecule has 1 aromatic carbocycles. The zero-order chi connectivity index (χ0) is 13.4. The van der Waals surface area contributed by atoms with Gasteiger partial charge in [0, 0.05) is 0 Å². The van der Waals surface area contributed by atoms with Gasteiger partial charge in [-0.1, -0.05) is 6.07 Å². The standard InChI is InChI=1S/C15H15N3O/c1-10-6-13-14(7-11(10)2)18(9-16-13)15-5-3-4-12(8-19)17-15/h3-7,9,19H,8H2,1-2H3. The van der Waals surface area contributed by atoms with E-state index < -0.39 is 0 Å². The number of hydrogen-bond acceptors (Lipinski definition) is 3.